The molecule has 1 unspecified atom stereocenters. The largest absolute Gasteiger partial charge is 0.459 e. The summed E-state index contributed by atoms with van der Waals surface area (Å²) in [6, 6.07) is 14.9. The smallest absolute Gasteiger partial charge is 0.293 e. The van der Waals surface area contributed by atoms with Gasteiger partial charge in [-0.15, -0.1) is 17.5 Å². The van der Waals surface area contributed by atoms with E-state index in [4.69, 9.17) is 16.0 Å². The molecule has 1 aliphatic rings. The van der Waals surface area contributed by atoms with Gasteiger partial charge in [0, 0.05) is 16.3 Å². The maximum Gasteiger partial charge on any atom is 0.293 e. The van der Waals surface area contributed by atoms with Crippen LogP contribution in [0.25, 0.3) is 5.70 Å². The van der Waals surface area contributed by atoms with Crippen molar-refractivity contribution in [2.45, 2.75) is 13.0 Å². The Hall–Kier alpha value is -3.62. The van der Waals surface area contributed by atoms with Crippen molar-refractivity contribution >= 4 is 47.5 Å². The van der Waals surface area contributed by atoms with E-state index in [0.717, 1.165) is 16.8 Å². The third-order valence-electron chi connectivity index (χ3n) is 5.09. The van der Waals surface area contributed by atoms with Crippen LogP contribution in [-0.4, -0.2) is 20.7 Å². The van der Waals surface area contributed by atoms with Gasteiger partial charge in [0.05, 0.1) is 6.26 Å². The van der Waals surface area contributed by atoms with Crippen LogP contribution >= 0.6 is 24.0 Å². The zero-order valence-electron chi connectivity index (χ0n) is 17.3. The number of halogens is 3. The van der Waals surface area contributed by atoms with Crippen molar-refractivity contribution in [1.29, 1.82) is 0 Å². The third-order valence-corrected chi connectivity index (χ3v) is 5.42. The molecule has 0 radical (unpaired) electrons. The number of carbonyl (C=O) groups excluding carboxylic acids is 1. The van der Waals surface area contributed by atoms with E-state index in [-0.39, 0.29) is 34.7 Å². The average Bonchev–Trinajstić information content (AvgIpc) is 3.44. The minimum absolute atomic E-state index is 0. The highest BCUT2D eigenvalue weighted by molar-refractivity contribution is 6.31. The number of amides is 1. The van der Waals surface area contributed by atoms with E-state index >= 15 is 0 Å². The summed E-state index contributed by atoms with van der Waals surface area (Å²) in [6.45, 7) is 2.00. The number of aromatic nitrogens is 3. The van der Waals surface area contributed by atoms with Crippen LogP contribution in [0.2, 0.25) is 5.02 Å². The van der Waals surface area contributed by atoms with Crippen LogP contribution < -0.4 is 10.6 Å². The molecule has 1 amide bonds. The lowest BCUT2D eigenvalue weighted by Crippen LogP contribution is -2.21. The van der Waals surface area contributed by atoms with Crippen LogP contribution in [0.3, 0.4) is 0 Å². The predicted octanol–water partition coefficient (Wildman–Crippen LogP) is 5.70. The second kappa shape index (κ2) is 9.09. The molecule has 0 bridgehead atoms. The monoisotopic (exact) mass is 485 g/mol. The molecular weight excluding hydrogens is 468 g/mol. The topological polar surface area (TPSA) is 85.0 Å². The van der Waals surface area contributed by atoms with Crippen LogP contribution in [0.5, 0.6) is 0 Å². The lowest BCUT2D eigenvalue weighted by molar-refractivity contribution is 0.0995. The first-order chi connectivity index (χ1) is 15.5. The molecule has 168 valence electrons. The fourth-order valence-electron chi connectivity index (χ4n) is 3.52. The van der Waals surface area contributed by atoms with E-state index in [1.54, 1.807) is 18.2 Å². The normalized spacial score (nSPS) is 14.5. The summed E-state index contributed by atoms with van der Waals surface area (Å²) in [4.78, 5) is 16.7. The molecule has 5 rings (SSSR count). The Morgan fingerprint density at radius 1 is 1.18 bits per heavy atom. The van der Waals surface area contributed by atoms with Crippen LogP contribution in [0.4, 0.5) is 16.3 Å². The first kappa shape index (κ1) is 22.6. The second-order valence-corrected chi connectivity index (χ2v) is 7.69. The Morgan fingerprint density at radius 3 is 2.67 bits per heavy atom. The van der Waals surface area contributed by atoms with Crippen molar-refractivity contribution in [1.82, 2.24) is 14.8 Å². The molecule has 2 aromatic carbocycles. The molecule has 0 fully saturated rings. The SMILES string of the molecule is Cc1ccc(C2=CC(c3c(F)cccc3Cl)n3nc(NC(=O)c4ccco4)nc3N2)cc1.Cl. The van der Waals surface area contributed by atoms with Crippen molar-refractivity contribution in [2.75, 3.05) is 10.6 Å². The van der Waals surface area contributed by atoms with Crippen molar-refractivity contribution in [3.8, 4) is 0 Å². The molecule has 7 nitrogen and oxygen atoms in total. The number of furan rings is 1. The summed E-state index contributed by atoms with van der Waals surface area (Å²) in [5.41, 5.74) is 2.99. The molecule has 0 aliphatic carbocycles. The zero-order chi connectivity index (χ0) is 22.2. The van der Waals surface area contributed by atoms with Gasteiger partial charge in [-0.1, -0.05) is 47.5 Å². The third kappa shape index (κ3) is 4.35. The molecule has 0 saturated heterocycles. The molecule has 2 aromatic heterocycles. The second-order valence-electron chi connectivity index (χ2n) is 7.29. The van der Waals surface area contributed by atoms with Gasteiger partial charge in [-0.3, -0.25) is 10.1 Å². The number of aryl methyl sites for hydroxylation is 1. The quantitative estimate of drug-likeness (QED) is 0.387. The Balaban J connectivity index is 0.00000259. The highest BCUT2D eigenvalue weighted by Gasteiger charge is 2.29. The maximum absolute atomic E-state index is 14.8. The highest BCUT2D eigenvalue weighted by Crippen LogP contribution is 2.37. The number of benzene rings is 2. The molecule has 2 N–H and O–H groups in total. The molecule has 33 heavy (non-hydrogen) atoms. The van der Waals surface area contributed by atoms with Crippen LogP contribution in [0.15, 0.2) is 71.4 Å². The molecule has 3 heterocycles. The maximum atomic E-state index is 14.8. The van der Waals surface area contributed by atoms with Crippen molar-refractivity contribution in [2.24, 2.45) is 0 Å². The van der Waals surface area contributed by atoms with Gasteiger partial charge >= 0.3 is 0 Å². The minimum atomic E-state index is -0.682. The van der Waals surface area contributed by atoms with E-state index in [1.807, 2.05) is 37.3 Å². The molecule has 4 aromatic rings. The van der Waals surface area contributed by atoms with Gasteiger partial charge in [0.25, 0.3) is 11.9 Å². The number of hydrogen-bond acceptors (Lipinski definition) is 5. The van der Waals surface area contributed by atoms with E-state index in [2.05, 4.69) is 20.7 Å². The number of hydrogen-bond donors (Lipinski definition) is 2. The number of rotatable bonds is 4. The van der Waals surface area contributed by atoms with Gasteiger partial charge in [-0.05, 0) is 42.8 Å². The number of fused-ring (bicyclic) bond motifs is 1. The number of nitrogens with one attached hydrogen (secondary N) is 2. The van der Waals surface area contributed by atoms with E-state index in [9.17, 15) is 9.18 Å². The minimum Gasteiger partial charge on any atom is -0.459 e. The Labute approximate surface area is 199 Å². The number of nitrogens with zero attached hydrogens (tertiary/aromatic N) is 3. The number of anilines is 2. The fraction of sp³-hybridized carbons (Fsp3) is 0.0870. The summed E-state index contributed by atoms with van der Waals surface area (Å²) in [5, 5.41) is 10.5. The van der Waals surface area contributed by atoms with Crippen LogP contribution in [0.1, 0.15) is 33.3 Å². The van der Waals surface area contributed by atoms with Crippen molar-refractivity contribution < 1.29 is 13.6 Å². The van der Waals surface area contributed by atoms with E-state index < -0.39 is 17.8 Å². The summed E-state index contributed by atoms with van der Waals surface area (Å²) in [5.74, 6) is -0.457. The van der Waals surface area contributed by atoms with Crippen molar-refractivity contribution in [3.63, 3.8) is 0 Å². The first-order valence-corrected chi connectivity index (χ1v) is 10.2. The standard InChI is InChI=1S/C23H17ClFN5O2.ClH/c1-13-7-9-14(10-8-13)17-12-18(20-15(24)4-2-5-16(20)25)30-23(26-17)28-22(29-30)27-21(31)19-6-3-11-32-19;/h2-12,18H,1H3,(H2,26,27,28,29,31);1H. The summed E-state index contributed by atoms with van der Waals surface area (Å²) in [7, 11) is 0. The molecular formula is C23H18Cl2FN5O2. The van der Waals surface area contributed by atoms with Gasteiger partial charge in [-0.2, -0.15) is 4.98 Å². The summed E-state index contributed by atoms with van der Waals surface area (Å²) < 4.78 is 21.4. The molecule has 0 spiro atoms. The van der Waals surface area contributed by atoms with Crippen molar-refractivity contribution in [3.05, 3.63) is 100 Å². The zero-order valence-corrected chi connectivity index (χ0v) is 18.8. The lowest BCUT2D eigenvalue weighted by Gasteiger charge is -2.25. The molecule has 1 atom stereocenters. The lowest BCUT2D eigenvalue weighted by atomic mass is 10.0. The first-order valence-electron chi connectivity index (χ1n) is 9.81. The van der Waals surface area contributed by atoms with E-state index in [1.165, 1.54) is 23.1 Å². The molecule has 1 aliphatic heterocycles. The molecule has 10 heteroatoms. The average molecular weight is 486 g/mol. The highest BCUT2D eigenvalue weighted by atomic mass is 35.5. The van der Waals surface area contributed by atoms with Crippen LogP contribution in [0, 0.1) is 12.7 Å². The van der Waals surface area contributed by atoms with E-state index in [0.29, 0.717) is 5.95 Å². The van der Waals surface area contributed by atoms with Gasteiger partial charge in [0.2, 0.25) is 5.95 Å². The van der Waals surface area contributed by atoms with Crippen LogP contribution in [-0.2, 0) is 0 Å². The predicted molar refractivity (Wildman–Crippen MR) is 126 cm³/mol. The molecule has 0 saturated carbocycles. The Kier molecular flexibility index (Phi) is 6.22. The van der Waals surface area contributed by atoms with Gasteiger partial charge in [-0.25, -0.2) is 9.07 Å². The Bertz CT molecular complexity index is 1310. The van der Waals surface area contributed by atoms with Gasteiger partial charge in [0.15, 0.2) is 5.76 Å². The number of carbonyl (C=O) groups is 1. The summed E-state index contributed by atoms with van der Waals surface area (Å²) in [6.07, 6.45) is 3.23. The number of allylic oxidation sites excluding steroid dienone is 1. The van der Waals surface area contributed by atoms with Gasteiger partial charge in [0.1, 0.15) is 11.9 Å². The fourth-order valence-corrected chi connectivity index (χ4v) is 3.79. The Morgan fingerprint density at radius 2 is 1.97 bits per heavy atom. The van der Waals surface area contributed by atoms with Gasteiger partial charge < -0.3 is 9.73 Å². The summed E-state index contributed by atoms with van der Waals surface area (Å²) >= 11 is 6.37.